The van der Waals surface area contributed by atoms with Crippen LogP contribution in [-0.4, -0.2) is 24.6 Å². The molecule has 0 aliphatic heterocycles. The fourth-order valence-corrected chi connectivity index (χ4v) is 1.57. The minimum atomic E-state index is -0.109. The summed E-state index contributed by atoms with van der Waals surface area (Å²) in [4.78, 5) is 32.4. The monoisotopic (exact) mass is 262 g/mol. The molecule has 1 aromatic carbocycles. The quantitative estimate of drug-likeness (QED) is 0.574. The molecule has 0 aliphatic carbocycles. The minimum absolute atomic E-state index is 0.0622. The van der Waals surface area contributed by atoms with E-state index in [2.05, 4.69) is 10.6 Å². The molecule has 1 rings (SSSR count). The van der Waals surface area contributed by atoms with Gasteiger partial charge in [-0.05, 0) is 24.1 Å². The maximum atomic E-state index is 11.4. The van der Waals surface area contributed by atoms with E-state index in [1.165, 1.54) is 6.92 Å². The Morgan fingerprint density at radius 3 is 2.47 bits per heavy atom. The lowest BCUT2D eigenvalue weighted by atomic mass is 10.1. The molecule has 102 valence electrons. The molecule has 0 radical (unpaired) electrons. The first-order valence-corrected chi connectivity index (χ1v) is 6.18. The van der Waals surface area contributed by atoms with E-state index < -0.39 is 0 Å². The number of anilines is 1. The van der Waals surface area contributed by atoms with Crippen molar-refractivity contribution in [2.45, 2.75) is 26.2 Å². The summed E-state index contributed by atoms with van der Waals surface area (Å²) >= 11 is 0. The zero-order chi connectivity index (χ0) is 14.1. The van der Waals surface area contributed by atoms with Gasteiger partial charge >= 0.3 is 0 Å². The Hall–Kier alpha value is -2.17. The first-order valence-electron chi connectivity index (χ1n) is 6.18. The highest BCUT2D eigenvalue weighted by Gasteiger charge is 2.02. The number of aryl methyl sites for hydroxylation is 1. The van der Waals surface area contributed by atoms with Gasteiger partial charge < -0.3 is 15.4 Å². The smallest absolute Gasteiger partial charge is 0.221 e. The summed E-state index contributed by atoms with van der Waals surface area (Å²) in [6.07, 6.45) is 2.14. The van der Waals surface area contributed by atoms with Gasteiger partial charge in [0.05, 0.1) is 0 Å². The van der Waals surface area contributed by atoms with E-state index in [1.807, 2.05) is 12.1 Å². The fraction of sp³-hybridized carbons (Fsp3) is 0.357. The Labute approximate surface area is 112 Å². The highest BCUT2D eigenvalue weighted by Crippen LogP contribution is 2.10. The molecule has 0 unspecified atom stereocenters. The van der Waals surface area contributed by atoms with Crippen molar-refractivity contribution in [1.29, 1.82) is 0 Å². The van der Waals surface area contributed by atoms with Crippen LogP contribution in [0, 0.1) is 0 Å². The van der Waals surface area contributed by atoms with E-state index in [-0.39, 0.29) is 11.8 Å². The van der Waals surface area contributed by atoms with Gasteiger partial charge in [-0.3, -0.25) is 9.59 Å². The number of benzene rings is 1. The van der Waals surface area contributed by atoms with Crippen LogP contribution in [0.2, 0.25) is 0 Å². The average molecular weight is 262 g/mol. The highest BCUT2D eigenvalue weighted by molar-refractivity contribution is 5.88. The summed E-state index contributed by atoms with van der Waals surface area (Å²) in [5, 5.41) is 5.34. The SMILES string of the molecule is CC(=O)Nc1ccc(CCC(=O)NCCC=O)cc1. The van der Waals surface area contributed by atoms with Crippen LogP contribution in [0.5, 0.6) is 0 Å². The van der Waals surface area contributed by atoms with Crippen molar-refractivity contribution in [3.05, 3.63) is 29.8 Å². The van der Waals surface area contributed by atoms with Crippen LogP contribution in [0.4, 0.5) is 5.69 Å². The maximum Gasteiger partial charge on any atom is 0.221 e. The Morgan fingerprint density at radius 2 is 1.89 bits per heavy atom. The number of carbonyl (C=O) groups excluding carboxylic acids is 3. The van der Waals surface area contributed by atoms with Crippen LogP contribution in [0.1, 0.15) is 25.3 Å². The van der Waals surface area contributed by atoms with Crippen molar-refractivity contribution in [2.24, 2.45) is 0 Å². The summed E-state index contributed by atoms with van der Waals surface area (Å²) in [6.45, 7) is 1.85. The van der Waals surface area contributed by atoms with Gasteiger partial charge in [0.15, 0.2) is 0 Å². The summed E-state index contributed by atoms with van der Waals surface area (Å²) in [6, 6.07) is 7.37. The summed E-state index contributed by atoms with van der Waals surface area (Å²) in [7, 11) is 0. The molecule has 0 saturated carbocycles. The molecule has 2 N–H and O–H groups in total. The summed E-state index contributed by atoms with van der Waals surface area (Å²) < 4.78 is 0. The van der Waals surface area contributed by atoms with E-state index in [1.54, 1.807) is 12.1 Å². The molecule has 0 spiro atoms. The Morgan fingerprint density at radius 1 is 1.21 bits per heavy atom. The van der Waals surface area contributed by atoms with Crippen LogP contribution >= 0.6 is 0 Å². The molecule has 0 heterocycles. The second-order valence-corrected chi connectivity index (χ2v) is 4.18. The predicted octanol–water partition coefficient (Wildman–Crippen LogP) is 1.28. The first kappa shape index (κ1) is 14.9. The van der Waals surface area contributed by atoms with Crippen LogP contribution in [-0.2, 0) is 20.8 Å². The van der Waals surface area contributed by atoms with Gasteiger partial charge in [-0.15, -0.1) is 0 Å². The number of carbonyl (C=O) groups is 3. The van der Waals surface area contributed by atoms with Gasteiger partial charge in [0.2, 0.25) is 11.8 Å². The minimum Gasteiger partial charge on any atom is -0.356 e. The third kappa shape index (κ3) is 6.35. The van der Waals surface area contributed by atoms with Crippen molar-refractivity contribution in [3.63, 3.8) is 0 Å². The van der Waals surface area contributed by atoms with Gasteiger partial charge in [0.1, 0.15) is 6.29 Å². The number of hydrogen-bond donors (Lipinski definition) is 2. The maximum absolute atomic E-state index is 11.4. The molecular formula is C14H18N2O3. The average Bonchev–Trinajstić information content (AvgIpc) is 2.37. The van der Waals surface area contributed by atoms with Gasteiger partial charge in [-0.2, -0.15) is 0 Å². The van der Waals surface area contributed by atoms with Gasteiger partial charge in [-0.25, -0.2) is 0 Å². The number of hydrogen-bond acceptors (Lipinski definition) is 3. The van der Waals surface area contributed by atoms with Crippen molar-refractivity contribution in [2.75, 3.05) is 11.9 Å². The second kappa shape index (κ2) is 8.02. The highest BCUT2D eigenvalue weighted by atomic mass is 16.2. The third-order valence-corrected chi connectivity index (χ3v) is 2.50. The molecule has 0 aliphatic rings. The molecule has 5 heteroatoms. The van der Waals surface area contributed by atoms with E-state index >= 15 is 0 Å². The molecular weight excluding hydrogens is 244 g/mol. The van der Waals surface area contributed by atoms with E-state index in [0.29, 0.717) is 25.8 Å². The number of rotatable bonds is 7. The molecule has 1 aromatic rings. The molecule has 2 amide bonds. The van der Waals surface area contributed by atoms with Crippen molar-refractivity contribution in [1.82, 2.24) is 5.32 Å². The molecule has 0 fully saturated rings. The van der Waals surface area contributed by atoms with Gasteiger partial charge in [-0.1, -0.05) is 12.1 Å². The molecule has 19 heavy (non-hydrogen) atoms. The molecule has 0 atom stereocenters. The number of amides is 2. The first-order chi connectivity index (χ1) is 9.11. The predicted molar refractivity (Wildman–Crippen MR) is 72.8 cm³/mol. The Kier molecular flexibility index (Phi) is 6.29. The zero-order valence-corrected chi connectivity index (χ0v) is 10.9. The van der Waals surface area contributed by atoms with Crippen molar-refractivity contribution < 1.29 is 14.4 Å². The van der Waals surface area contributed by atoms with E-state index in [4.69, 9.17) is 0 Å². The number of aldehydes is 1. The van der Waals surface area contributed by atoms with Crippen LogP contribution in [0.15, 0.2) is 24.3 Å². The van der Waals surface area contributed by atoms with Crippen molar-refractivity contribution >= 4 is 23.8 Å². The largest absolute Gasteiger partial charge is 0.356 e. The zero-order valence-electron chi connectivity index (χ0n) is 10.9. The molecule has 5 nitrogen and oxygen atoms in total. The van der Waals surface area contributed by atoms with Crippen LogP contribution < -0.4 is 10.6 Å². The van der Waals surface area contributed by atoms with Crippen molar-refractivity contribution in [3.8, 4) is 0 Å². The number of nitrogens with one attached hydrogen (secondary N) is 2. The third-order valence-electron chi connectivity index (χ3n) is 2.50. The molecule has 0 aromatic heterocycles. The van der Waals surface area contributed by atoms with E-state index in [0.717, 1.165) is 17.5 Å². The lowest BCUT2D eigenvalue weighted by Gasteiger charge is -2.05. The van der Waals surface area contributed by atoms with Gasteiger partial charge in [0, 0.05) is 32.0 Å². The Bertz CT molecular complexity index is 441. The van der Waals surface area contributed by atoms with E-state index in [9.17, 15) is 14.4 Å². The normalized spacial score (nSPS) is 9.74. The van der Waals surface area contributed by atoms with Crippen LogP contribution in [0.3, 0.4) is 0 Å². The van der Waals surface area contributed by atoms with Gasteiger partial charge in [0.25, 0.3) is 0 Å². The lowest BCUT2D eigenvalue weighted by molar-refractivity contribution is -0.121. The molecule has 0 saturated heterocycles. The Balaban J connectivity index is 2.35. The van der Waals surface area contributed by atoms with Crippen LogP contribution in [0.25, 0.3) is 0 Å². The topological polar surface area (TPSA) is 75.3 Å². The lowest BCUT2D eigenvalue weighted by Crippen LogP contribution is -2.24. The summed E-state index contributed by atoms with van der Waals surface area (Å²) in [5.41, 5.74) is 1.77. The second-order valence-electron chi connectivity index (χ2n) is 4.18. The molecule has 0 bridgehead atoms. The fourth-order valence-electron chi connectivity index (χ4n) is 1.57. The standard InChI is InChI=1S/C14H18N2O3/c1-11(18)16-13-6-3-12(4-7-13)5-8-14(19)15-9-2-10-17/h3-4,6-7,10H,2,5,8-9H2,1H3,(H,15,19)(H,16,18). The summed E-state index contributed by atoms with van der Waals surface area (Å²) in [5.74, 6) is -0.171.